The second kappa shape index (κ2) is 16.9. The summed E-state index contributed by atoms with van der Waals surface area (Å²) >= 11 is 3.46. The van der Waals surface area contributed by atoms with Crippen molar-refractivity contribution in [3.8, 4) is 11.5 Å². The lowest BCUT2D eigenvalue weighted by molar-refractivity contribution is -0.140. The summed E-state index contributed by atoms with van der Waals surface area (Å²) in [6.07, 6.45) is 0.965. The van der Waals surface area contributed by atoms with E-state index in [9.17, 15) is 18.0 Å². The molecule has 10 heteroatoms. The fourth-order valence-corrected chi connectivity index (χ4v) is 6.96. The molecule has 0 aromatic heterocycles. The molecule has 0 saturated heterocycles. The van der Waals surface area contributed by atoms with Gasteiger partial charge in [-0.15, -0.1) is 0 Å². The summed E-state index contributed by atoms with van der Waals surface area (Å²) in [4.78, 5) is 29.9. The van der Waals surface area contributed by atoms with E-state index in [0.717, 1.165) is 26.3 Å². The predicted molar refractivity (Wildman–Crippen MR) is 196 cm³/mol. The summed E-state index contributed by atoms with van der Waals surface area (Å²) in [6, 6.07) is 39.8. The van der Waals surface area contributed by atoms with E-state index in [0.29, 0.717) is 18.0 Å². The molecule has 0 aliphatic carbocycles. The van der Waals surface area contributed by atoms with Crippen LogP contribution in [-0.2, 0) is 32.6 Å². The van der Waals surface area contributed by atoms with Crippen molar-refractivity contribution < 1.29 is 22.7 Å². The fourth-order valence-electron chi connectivity index (χ4n) is 5.26. The van der Waals surface area contributed by atoms with Gasteiger partial charge < -0.3 is 15.0 Å². The minimum atomic E-state index is -4.21. The third-order valence-electron chi connectivity index (χ3n) is 7.80. The van der Waals surface area contributed by atoms with E-state index in [-0.39, 0.29) is 29.5 Å². The number of carbonyl (C=O) groups excluding carboxylic acids is 2. The highest BCUT2D eigenvalue weighted by atomic mass is 79.9. The van der Waals surface area contributed by atoms with E-state index in [1.54, 1.807) is 42.5 Å². The molecule has 1 atom stereocenters. The fraction of sp³-hybridized carbons (Fsp3) is 0.179. The maximum atomic E-state index is 14.6. The summed E-state index contributed by atoms with van der Waals surface area (Å²) in [7, 11) is -4.21. The number of sulfonamides is 1. The molecular formula is C39H38BrN3O5S. The van der Waals surface area contributed by atoms with Gasteiger partial charge in [-0.2, -0.15) is 0 Å². The van der Waals surface area contributed by atoms with E-state index in [1.807, 2.05) is 91.9 Å². The number of ether oxygens (including phenoxy) is 1. The van der Waals surface area contributed by atoms with Crippen molar-refractivity contribution in [2.45, 2.75) is 37.2 Å². The Hall–Kier alpha value is -4.93. The van der Waals surface area contributed by atoms with Gasteiger partial charge in [0.1, 0.15) is 24.1 Å². The molecule has 0 radical (unpaired) electrons. The van der Waals surface area contributed by atoms with E-state index in [1.165, 1.54) is 17.0 Å². The Morgan fingerprint density at radius 3 is 1.92 bits per heavy atom. The minimum Gasteiger partial charge on any atom is -0.457 e. The number of carbonyl (C=O) groups is 2. The topological polar surface area (TPSA) is 96.0 Å². The number of hydrogen-bond acceptors (Lipinski definition) is 5. The lowest BCUT2D eigenvalue weighted by Crippen LogP contribution is -2.53. The number of rotatable bonds is 15. The largest absolute Gasteiger partial charge is 0.457 e. The third kappa shape index (κ3) is 9.58. The number of para-hydroxylation sites is 1. The van der Waals surface area contributed by atoms with Crippen molar-refractivity contribution in [1.29, 1.82) is 0 Å². The maximum Gasteiger partial charge on any atom is 0.264 e. The Labute approximate surface area is 296 Å². The molecule has 0 fully saturated rings. The number of hydrogen-bond donors (Lipinski definition) is 1. The van der Waals surface area contributed by atoms with Crippen LogP contribution >= 0.6 is 15.9 Å². The highest BCUT2D eigenvalue weighted by Crippen LogP contribution is 2.29. The predicted octanol–water partition coefficient (Wildman–Crippen LogP) is 7.60. The van der Waals surface area contributed by atoms with Gasteiger partial charge in [0.2, 0.25) is 11.8 Å². The third-order valence-corrected chi connectivity index (χ3v) is 10.1. The number of benzene rings is 5. The average Bonchev–Trinajstić information content (AvgIpc) is 3.13. The minimum absolute atomic E-state index is 0.0356. The van der Waals surface area contributed by atoms with E-state index < -0.39 is 28.5 Å². The standard InChI is InChI=1S/C39H38BrN3O5S/c1-2-26-41-39(45)37(27-30-12-6-3-7-13-30)42(28-31-18-20-32(40)21-19-31)38(44)29-43(49(46,47)36-16-10-5-11-17-36)33-22-24-35(25-23-33)48-34-14-8-4-9-15-34/h3-25,37H,2,26-29H2,1H3,(H,41,45)/t37-/m1/s1. The smallest absolute Gasteiger partial charge is 0.264 e. The zero-order valence-electron chi connectivity index (χ0n) is 27.1. The molecular weight excluding hydrogens is 702 g/mol. The molecule has 2 amide bonds. The highest BCUT2D eigenvalue weighted by molar-refractivity contribution is 9.10. The molecule has 0 aliphatic rings. The number of anilines is 1. The van der Waals surface area contributed by atoms with Gasteiger partial charge in [0.15, 0.2) is 0 Å². The Balaban J connectivity index is 1.54. The summed E-state index contributed by atoms with van der Waals surface area (Å²) in [5, 5.41) is 2.96. The molecule has 0 spiro atoms. The summed E-state index contributed by atoms with van der Waals surface area (Å²) in [5.74, 6) is 0.301. The number of nitrogens with one attached hydrogen (secondary N) is 1. The van der Waals surface area contributed by atoms with E-state index in [2.05, 4.69) is 21.2 Å². The van der Waals surface area contributed by atoms with Crippen LogP contribution in [0.5, 0.6) is 11.5 Å². The molecule has 0 aliphatic heterocycles. The SMILES string of the molecule is CCCNC(=O)[C@@H](Cc1ccccc1)N(Cc1ccc(Br)cc1)C(=O)CN(c1ccc(Oc2ccccc2)cc1)S(=O)(=O)c1ccccc1. The summed E-state index contributed by atoms with van der Waals surface area (Å²) in [5.41, 5.74) is 1.93. The first-order chi connectivity index (χ1) is 23.7. The summed E-state index contributed by atoms with van der Waals surface area (Å²) in [6.45, 7) is 1.95. The molecule has 5 aromatic carbocycles. The second-order valence-electron chi connectivity index (χ2n) is 11.4. The molecule has 0 bridgehead atoms. The van der Waals surface area contributed by atoms with Crippen LogP contribution < -0.4 is 14.4 Å². The Bertz CT molecular complexity index is 1910. The Morgan fingerprint density at radius 1 is 0.735 bits per heavy atom. The lowest BCUT2D eigenvalue weighted by atomic mass is 10.0. The first-order valence-corrected chi connectivity index (χ1v) is 18.2. The van der Waals surface area contributed by atoms with Crippen molar-refractivity contribution in [2.24, 2.45) is 0 Å². The van der Waals surface area contributed by atoms with Gasteiger partial charge in [-0.1, -0.05) is 102 Å². The average molecular weight is 741 g/mol. The van der Waals surface area contributed by atoms with Gasteiger partial charge >= 0.3 is 0 Å². The Morgan fingerprint density at radius 2 is 1.31 bits per heavy atom. The maximum absolute atomic E-state index is 14.6. The normalized spacial score (nSPS) is 11.7. The van der Waals surface area contributed by atoms with Crippen molar-refractivity contribution in [3.63, 3.8) is 0 Å². The number of halogens is 1. The van der Waals surface area contributed by atoms with Crippen molar-refractivity contribution in [1.82, 2.24) is 10.2 Å². The van der Waals surface area contributed by atoms with Gasteiger partial charge in [0.05, 0.1) is 10.6 Å². The van der Waals surface area contributed by atoms with E-state index in [4.69, 9.17) is 4.74 Å². The van der Waals surface area contributed by atoms with Crippen molar-refractivity contribution >= 4 is 43.5 Å². The number of amides is 2. The molecule has 0 unspecified atom stereocenters. The van der Waals surface area contributed by atoms with Crippen molar-refractivity contribution in [2.75, 3.05) is 17.4 Å². The molecule has 0 heterocycles. The number of nitrogens with zero attached hydrogens (tertiary/aromatic N) is 2. The molecule has 5 aromatic rings. The van der Waals surface area contributed by atoms with Crippen LogP contribution in [-0.4, -0.2) is 44.3 Å². The molecule has 1 N–H and O–H groups in total. The van der Waals surface area contributed by atoms with Crippen LogP contribution in [0, 0.1) is 0 Å². The highest BCUT2D eigenvalue weighted by Gasteiger charge is 2.34. The van der Waals surface area contributed by atoms with Crippen LogP contribution in [0.3, 0.4) is 0 Å². The Kier molecular flexibility index (Phi) is 12.2. The molecule has 5 rings (SSSR count). The molecule has 49 heavy (non-hydrogen) atoms. The van der Waals surface area contributed by atoms with Crippen LogP contribution in [0.1, 0.15) is 24.5 Å². The van der Waals surface area contributed by atoms with Gasteiger partial charge in [-0.3, -0.25) is 13.9 Å². The quantitative estimate of drug-likeness (QED) is 0.119. The van der Waals surface area contributed by atoms with Crippen molar-refractivity contribution in [3.05, 3.63) is 155 Å². The van der Waals surface area contributed by atoms with Crippen LogP contribution in [0.4, 0.5) is 5.69 Å². The molecule has 8 nitrogen and oxygen atoms in total. The second-order valence-corrected chi connectivity index (χ2v) is 14.2. The van der Waals surface area contributed by atoms with Gasteiger partial charge in [-0.25, -0.2) is 8.42 Å². The van der Waals surface area contributed by atoms with Crippen LogP contribution in [0.2, 0.25) is 0 Å². The van der Waals surface area contributed by atoms with Gasteiger partial charge in [-0.05, 0) is 78.2 Å². The van der Waals surface area contributed by atoms with Crippen LogP contribution in [0.25, 0.3) is 0 Å². The first-order valence-electron chi connectivity index (χ1n) is 16.0. The molecule has 0 saturated carbocycles. The molecule has 252 valence electrons. The lowest BCUT2D eigenvalue weighted by Gasteiger charge is -2.34. The van der Waals surface area contributed by atoms with Gasteiger partial charge in [0, 0.05) is 24.0 Å². The zero-order chi connectivity index (χ0) is 34.6. The van der Waals surface area contributed by atoms with Crippen LogP contribution in [0.15, 0.2) is 149 Å². The monoisotopic (exact) mass is 739 g/mol. The summed E-state index contributed by atoms with van der Waals surface area (Å²) < 4.78 is 36.4. The zero-order valence-corrected chi connectivity index (χ0v) is 29.5. The van der Waals surface area contributed by atoms with Gasteiger partial charge in [0.25, 0.3) is 10.0 Å². The van der Waals surface area contributed by atoms with E-state index >= 15 is 0 Å². The first kappa shape index (κ1) is 35.4.